The monoisotopic (exact) mass is 348 g/mol. The molecule has 6 nitrogen and oxygen atoms in total. The maximum Gasteiger partial charge on any atom is 0.329 e. The van der Waals surface area contributed by atoms with Gasteiger partial charge in [-0.2, -0.15) is 0 Å². The third-order valence-corrected chi connectivity index (χ3v) is 5.03. The standard InChI is InChI=1S/C17H21ClN4O2/c1-12(13-5-3-4-6-14(13)18)21-7-9-22(10-8-21)15-11-16(23)20(2)17(24)19-15/h3-6,11-12H,7-10H2,1-2H3,(H,19,24). The maximum absolute atomic E-state index is 11.8. The topological polar surface area (TPSA) is 61.3 Å². The van der Waals surface area contributed by atoms with E-state index in [0.717, 1.165) is 41.3 Å². The van der Waals surface area contributed by atoms with Gasteiger partial charge in [-0.05, 0) is 18.6 Å². The summed E-state index contributed by atoms with van der Waals surface area (Å²) in [6.07, 6.45) is 0. The minimum atomic E-state index is -0.385. The van der Waals surface area contributed by atoms with E-state index in [1.807, 2.05) is 23.1 Å². The van der Waals surface area contributed by atoms with Crippen molar-refractivity contribution in [2.45, 2.75) is 13.0 Å². The predicted molar refractivity (Wildman–Crippen MR) is 96.0 cm³/mol. The number of halogens is 1. The van der Waals surface area contributed by atoms with Crippen molar-refractivity contribution >= 4 is 17.4 Å². The smallest absolute Gasteiger partial charge is 0.329 e. The lowest BCUT2D eigenvalue weighted by atomic mass is 10.1. The summed E-state index contributed by atoms with van der Waals surface area (Å²) < 4.78 is 1.07. The molecule has 3 rings (SSSR count). The van der Waals surface area contributed by atoms with Crippen LogP contribution in [0.3, 0.4) is 0 Å². The van der Waals surface area contributed by atoms with E-state index in [2.05, 4.69) is 22.9 Å². The summed E-state index contributed by atoms with van der Waals surface area (Å²) in [5.74, 6) is 0.591. The molecule has 2 aromatic rings. The minimum absolute atomic E-state index is 0.226. The molecule has 1 atom stereocenters. The zero-order valence-corrected chi connectivity index (χ0v) is 14.6. The van der Waals surface area contributed by atoms with E-state index in [1.54, 1.807) is 0 Å². The van der Waals surface area contributed by atoms with Gasteiger partial charge in [0.05, 0.1) is 0 Å². The first kappa shape index (κ1) is 16.8. The summed E-state index contributed by atoms with van der Waals surface area (Å²) in [6, 6.07) is 9.60. The van der Waals surface area contributed by atoms with Crippen LogP contribution < -0.4 is 16.1 Å². The second-order valence-electron chi connectivity index (χ2n) is 6.08. The molecule has 0 bridgehead atoms. The average molecular weight is 349 g/mol. The van der Waals surface area contributed by atoms with E-state index in [4.69, 9.17) is 11.6 Å². The van der Waals surface area contributed by atoms with Crippen molar-refractivity contribution in [1.82, 2.24) is 14.5 Å². The van der Waals surface area contributed by atoms with Crippen molar-refractivity contribution in [1.29, 1.82) is 0 Å². The van der Waals surface area contributed by atoms with Crippen LogP contribution in [0, 0.1) is 0 Å². The quantitative estimate of drug-likeness (QED) is 0.915. The Hall–Kier alpha value is -2.05. The largest absolute Gasteiger partial charge is 0.355 e. The fourth-order valence-electron chi connectivity index (χ4n) is 3.07. The molecule has 1 N–H and O–H groups in total. The third kappa shape index (κ3) is 3.25. The van der Waals surface area contributed by atoms with Crippen LogP contribution in [0.15, 0.2) is 39.9 Å². The Morgan fingerprint density at radius 3 is 2.42 bits per heavy atom. The Bertz CT molecular complexity index is 806. The number of benzene rings is 1. The van der Waals surface area contributed by atoms with Gasteiger partial charge in [0, 0.05) is 50.4 Å². The number of aromatic amines is 1. The van der Waals surface area contributed by atoms with Gasteiger partial charge in [0.1, 0.15) is 5.82 Å². The molecule has 0 saturated carbocycles. The Morgan fingerprint density at radius 1 is 1.12 bits per heavy atom. The van der Waals surface area contributed by atoms with Crippen LogP contribution in [-0.2, 0) is 7.05 Å². The van der Waals surface area contributed by atoms with Crippen molar-refractivity contribution in [2.24, 2.45) is 7.05 Å². The molecule has 1 saturated heterocycles. The van der Waals surface area contributed by atoms with Gasteiger partial charge in [-0.15, -0.1) is 0 Å². The number of hydrogen-bond acceptors (Lipinski definition) is 4. The summed E-state index contributed by atoms with van der Waals surface area (Å²) in [4.78, 5) is 30.7. The van der Waals surface area contributed by atoms with Crippen molar-refractivity contribution in [3.8, 4) is 0 Å². The van der Waals surface area contributed by atoms with Gasteiger partial charge in [0.15, 0.2) is 0 Å². The van der Waals surface area contributed by atoms with E-state index in [1.165, 1.54) is 13.1 Å². The molecule has 1 aromatic heterocycles. The molecule has 1 aliphatic heterocycles. The molecule has 0 spiro atoms. The number of rotatable bonds is 3. The molecule has 7 heteroatoms. The van der Waals surface area contributed by atoms with E-state index in [-0.39, 0.29) is 17.3 Å². The molecular formula is C17H21ClN4O2. The van der Waals surface area contributed by atoms with Gasteiger partial charge >= 0.3 is 5.69 Å². The predicted octanol–water partition coefficient (Wildman–Crippen LogP) is 1.61. The molecule has 0 amide bonds. The second-order valence-corrected chi connectivity index (χ2v) is 6.48. The number of H-pyrrole nitrogens is 1. The Balaban J connectivity index is 1.71. The highest BCUT2D eigenvalue weighted by Crippen LogP contribution is 2.28. The lowest BCUT2D eigenvalue weighted by Crippen LogP contribution is -2.48. The lowest BCUT2D eigenvalue weighted by Gasteiger charge is -2.39. The highest BCUT2D eigenvalue weighted by Gasteiger charge is 2.24. The van der Waals surface area contributed by atoms with Gasteiger partial charge in [0.2, 0.25) is 0 Å². The summed E-state index contributed by atoms with van der Waals surface area (Å²) in [7, 11) is 1.47. The summed E-state index contributed by atoms with van der Waals surface area (Å²) in [5, 5.41) is 0.781. The summed E-state index contributed by atoms with van der Waals surface area (Å²) >= 11 is 6.30. The third-order valence-electron chi connectivity index (χ3n) is 4.69. The molecule has 0 aliphatic carbocycles. The fraction of sp³-hybridized carbons (Fsp3) is 0.412. The van der Waals surface area contributed by atoms with Gasteiger partial charge < -0.3 is 4.90 Å². The van der Waals surface area contributed by atoms with Crippen molar-refractivity contribution < 1.29 is 0 Å². The van der Waals surface area contributed by atoms with Gasteiger partial charge in [-0.1, -0.05) is 29.8 Å². The molecular weight excluding hydrogens is 328 g/mol. The lowest BCUT2D eigenvalue weighted by molar-refractivity contribution is 0.198. The normalized spacial score (nSPS) is 17.0. The molecule has 128 valence electrons. The van der Waals surface area contributed by atoms with Crippen LogP contribution in [0.5, 0.6) is 0 Å². The first-order valence-corrected chi connectivity index (χ1v) is 8.39. The first-order chi connectivity index (χ1) is 11.5. The SMILES string of the molecule is CC(c1ccccc1Cl)N1CCN(c2cc(=O)n(C)c(=O)[nH]2)CC1. The van der Waals surface area contributed by atoms with Crippen molar-refractivity contribution in [3.63, 3.8) is 0 Å². The molecule has 1 aromatic carbocycles. The molecule has 24 heavy (non-hydrogen) atoms. The fourth-order valence-corrected chi connectivity index (χ4v) is 3.37. The number of hydrogen-bond donors (Lipinski definition) is 1. The number of piperazine rings is 1. The summed E-state index contributed by atoms with van der Waals surface area (Å²) in [5.41, 5.74) is 0.444. The number of anilines is 1. The van der Waals surface area contributed by atoms with Crippen LogP contribution in [0.2, 0.25) is 5.02 Å². The highest BCUT2D eigenvalue weighted by atomic mass is 35.5. The van der Waals surface area contributed by atoms with Gasteiger partial charge in [-0.25, -0.2) is 4.79 Å². The van der Waals surface area contributed by atoms with E-state index in [9.17, 15) is 9.59 Å². The molecule has 0 radical (unpaired) electrons. The Labute approximate surface area is 145 Å². The van der Waals surface area contributed by atoms with E-state index in [0.29, 0.717) is 5.82 Å². The zero-order valence-electron chi connectivity index (χ0n) is 13.8. The zero-order chi connectivity index (χ0) is 17.3. The summed E-state index contributed by atoms with van der Waals surface area (Å²) in [6.45, 7) is 5.32. The van der Waals surface area contributed by atoms with Crippen LogP contribution in [0.1, 0.15) is 18.5 Å². The van der Waals surface area contributed by atoms with Crippen LogP contribution in [0.25, 0.3) is 0 Å². The minimum Gasteiger partial charge on any atom is -0.355 e. The van der Waals surface area contributed by atoms with Crippen LogP contribution in [0.4, 0.5) is 5.82 Å². The van der Waals surface area contributed by atoms with E-state index < -0.39 is 0 Å². The average Bonchev–Trinajstić information content (AvgIpc) is 2.59. The number of nitrogens with one attached hydrogen (secondary N) is 1. The van der Waals surface area contributed by atoms with Crippen molar-refractivity contribution in [3.05, 3.63) is 61.8 Å². The van der Waals surface area contributed by atoms with Gasteiger partial charge in [-0.3, -0.25) is 19.2 Å². The van der Waals surface area contributed by atoms with Crippen molar-refractivity contribution in [2.75, 3.05) is 31.1 Å². The number of nitrogens with zero attached hydrogens (tertiary/aromatic N) is 3. The highest BCUT2D eigenvalue weighted by molar-refractivity contribution is 6.31. The molecule has 1 fully saturated rings. The molecule has 2 heterocycles. The molecule has 1 unspecified atom stereocenters. The first-order valence-electron chi connectivity index (χ1n) is 8.01. The van der Waals surface area contributed by atoms with Crippen LogP contribution in [-0.4, -0.2) is 40.6 Å². The number of aromatic nitrogens is 2. The van der Waals surface area contributed by atoms with Gasteiger partial charge in [0.25, 0.3) is 5.56 Å². The Morgan fingerprint density at radius 2 is 1.79 bits per heavy atom. The Kier molecular flexibility index (Phi) is 4.78. The van der Waals surface area contributed by atoms with Crippen LogP contribution >= 0.6 is 11.6 Å². The maximum atomic E-state index is 11.8. The second kappa shape index (κ2) is 6.83. The van der Waals surface area contributed by atoms with E-state index >= 15 is 0 Å². The molecule has 1 aliphatic rings.